The maximum Gasteiger partial charge on any atom is 0.223 e. The Morgan fingerprint density at radius 3 is 3.08 bits per heavy atom. The number of hydrogen-bond donors (Lipinski definition) is 2. The standard InChI is InChI=1S/C8H14N2O2/c1-2-9-8(12)6-3-4-10-7(11)5-6/h6H,2-5H2,1H3,(H,9,12)(H,10,11). The molecule has 1 aliphatic heterocycles. The molecule has 0 aromatic heterocycles. The van der Waals surface area contributed by atoms with E-state index >= 15 is 0 Å². The minimum Gasteiger partial charge on any atom is -0.356 e. The van der Waals surface area contributed by atoms with Crippen LogP contribution in [0.4, 0.5) is 0 Å². The molecule has 1 heterocycles. The molecule has 1 fully saturated rings. The van der Waals surface area contributed by atoms with E-state index in [-0.39, 0.29) is 17.7 Å². The summed E-state index contributed by atoms with van der Waals surface area (Å²) in [6, 6.07) is 0. The van der Waals surface area contributed by atoms with Crippen molar-refractivity contribution in [1.29, 1.82) is 0 Å². The van der Waals surface area contributed by atoms with Crippen molar-refractivity contribution < 1.29 is 9.59 Å². The van der Waals surface area contributed by atoms with Crippen molar-refractivity contribution in [1.82, 2.24) is 10.6 Å². The van der Waals surface area contributed by atoms with Gasteiger partial charge < -0.3 is 10.6 Å². The molecule has 0 saturated carbocycles. The van der Waals surface area contributed by atoms with Gasteiger partial charge in [-0.1, -0.05) is 0 Å². The number of piperidine rings is 1. The van der Waals surface area contributed by atoms with Crippen molar-refractivity contribution in [2.45, 2.75) is 19.8 Å². The van der Waals surface area contributed by atoms with Crippen molar-refractivity contribution in [3.8, 4) is 0 Å². The monoisotopic (exact) mass is 170 g/mol. The zero-order valence-electron chi connectivity index (χ0n) is 7.22. The van der Waals surface area contributed by atoms with E-state index in [1.807, 2.05) is 6.92 Å². The third-order valence-corrected chi connectivity index (χ3v) is 1.97. The highest BCUT2D eigenvalue weighted by molar-refractivity contribution is 5.86. The maximum absolute atomic E-state index is 11.3. The lowest BCUT2D eigenvalue weighted by Gasteiger charge is -2.20. The molecule has 0 radical (unpaired) electrons. The summed E-state index contributed by atoms with van der Waals surface area (Å²) in [4.78, 5) is 22.1. The first kappa shape index (κ1) is 9.03. The molecule has 0 spiro atoms. The summed E-state index contributed by atoms with van der Waals surface area (Å²) in [5, 5.41) is 5.41. The Hall–Kier alpha value is -1.06. The number of hydrogen-bond acceptors (Lipinski definition) is 2. The summed E-state index contributed by atoms with van der Waals surface area (Å²) >= 11 is 0. The lowest BCUT2D eigenvalue weighted by Crippen LogP contribution is -2.41. The molecule has 0 aromatic carbocycles. The second kappa shape index (κ2) is 4.09. The smallest absolute Gasteiger partial charge is 0.223 e. The third kappa shape index (κ3) is 2.22. The number of rotatable bonds is 2. The lowest BCUT2D eigenvalue weighted by molar-refractivity contribution is -0.132. The summed E-state index contributed by atoms with van der Waals surface area (Å²) in [6.45, 7) is 3.14. The Morgan fingerprint density at radius 2 is 2.50 bits per heavy atom. The van der Waals surface area contributed by atoms with Crippen LogP contribution in [0.3, 0.4) is 0 Å². The highest BCUT2D eigenvalue weighted by Gasteiger charge is 2.24. The van der Waals surface area contributed by atoms with Crippen LogP contribution in [0, 0.1) is 5.92 Å². The predicted octanol–water partition coefficient (Wildman–Crippen LogP) is -0.351. The first-order valence-electron chi connectivity index (χ1n) is 4.28. The number of carbonyl (C=O) groups excluding carboxylic acids is 2. The Balaban J connectivity index is 2.40. The van der Waals surface area contributed by atoms with Gasteiger partial charge in [0.15, 0.2) is 0 Å². The maximum atomic E-state index is 11.3. The quantitative estimate of drug-likeness (QED) is 0.595. The minimum absolute atomic E-state index is 0.00681. The van der Waals surface area contributed by atoms with Gasteiger partial charge in [0.2, 0.25) is 11.8 Å². The van der Waals surface area contributed by atoms with Crippen LogP contribution in [0.25, 0.3) is 0 Å². The topological polar surface area (TPSA) is 58.2 Å². The van der Waals surface area contributed by atoms with Crippen LogP contribution in [0.5, 0.6) is 0 Å². The van der Waals surface area contributed by atoms with Crippen LogP contribution >= 0.6 is 0 Å². The lowest BCUT2D eigenvalue weighted by atomic mass is 9.97. The van der Waals surface area contributed by atoms with Gasteiger partial charge in [-0.15, -0.1) is 0 Å². The van der Waals surface area contributed by atoms with E-state index in [9.17, 15) is 9.59 Å². The first-order valence-corrected chi connectivity index (χ1v) is 4.28. The Bertz CT molecular complexity index is 191. The van der Waals surface area contributed by atoms with E-state index < -0.39 is 0 Å². The molecule has 0 aliphatic carbocycles. The van der Waals surface area contributed by atoms with Gasteiger partial charge in [0.05, 0.1) is 0 Å². The second-order valence-corrected chi connectivity index (χ2v) is 2.93. The van der Waals surface area contributed by atoms with Gasteiger partial charge in [-0.3, -0.25) is 9.59 Å². The van der Waals surface area contributed by atoms with Crippen molar-refractivity contribution in [3.05, 3.63) is 0 Å². The fourth-order valence-corrected chi connectivity index (χ4v) is 1.33. The van der Waals surface area contributed by atoms with Gasteiger partial charge in [0, 0.05) is 25.4 Å². The fourth-order valence-electron chi connectivity index (χ4n) is 1.33. The van der Waals surface area contributed by atoms with Crippen molar-refractivity contribution in [3.63, 3.8) is 0 Å². The normalized spacial score (nSPS) is 23.1. The molecule has 1 unspecified atom stereocenters. The van der Waals surface area contributed by atoms with E-state index in [4.69, 9.17) is 0 Å². The van der Waals surface area contributed by atoms with E-state index in [0.29, 0.717) is 19.5 Å². The van der Waals surface area contributed by atoms with Gasteiger partial charge in [0.1, 0.15) is 0 Å². The molecule has 1 atom stereocenters. The molecule has 1 aliphatic rings. The first-order chi connectivity index (χ1) is 5.74. The van der Waals surface area contributed by atoms with Gasteiger partial charge >= 0.3 is 0 Å². The van der Waals surface area contributed by atoms with Crippen molar-refractivity contribution in [2.24, 2.45) is 5.92 Å². The predicted molar refractivity (Wildman–Crippen MR) is 44.4 cm³/mol. The largest absolute Gasteiger partial charge is 0.356 e. The van der Waals surface area contributed by atoms with Crippen LogP contribution in [0.15, 0.2) is 0 Å². The zero-order chi connectivity index (χ0) is 8.97. The molecule has 4 nitrogen and oxygen atoms in total. The fraction of sp³-hybridized carbons (Fsp3) is 0.750. The number of carbonyl (C=O) groups is 2. The van der Waals surface area contributed by atoms with E-state index in [0.717, 1.165) is 6.42 Å². The average Bonchev–Trinajstić information content (AvgIpc) is 2.05. The molecular weight excluding hydrogens is 156 g/mol. The molecule has 0 aromatic rings. The van der Waals surface area contributed by atoms with Crippen LogP contribution in [0.1, 0.15) is 19.8 Å². The van der Waals surface area contributed by atoms with Gasteiger partial charge in [-0.05, 0) is 13.3 Å². The van der Waals surface area contributed by atoms with Gasteiger partial charge in [0.25, 0.3) is 0 Å². The highest BCUT2D eigenvalue weighted by Crippen LogP contribution is 2.11. The molecule has 1 rings (SSSR count). The summed E-state index contributed by atoms with van der Waals surface area (Å²) in [5.41, 5.74) is 0. The van der Waals surface area contributed by atoms with Gasteiger partial charge in [-0.25, -0.2) is 0 Å². The third-order valence-electron chi connectivity index (χ3n) is 1.97. The molecule has 2 amide bonds. The average molecular weight is 170 g/mol. The van der Waals surface area contributed by atoms with Crippen LogP contribution in [-0.4, -0.2) is 24.9 Å². The molecule has 4 heteroatoms. The van der Waals surface area contributed by atoms with Crippen molar-refractivity contribution in [2.75, 3.05) is 13.1 Å². The van der Waals surface area contributed by atoms with Crippen molar-refractivity contribution >= 4 is 11.8 Å². The van der Waals surface area contributed by atoms with E-state index in [1.165, 1.54) is 0 Å². The van der Waals surface area contributed by atoms with Gasteiger partial charge in [-0.2, -0.15) is 0 Å². The SMILES string of the molecule is CCNC(=O)C1CCNC(=O)C1. The zero-order valence-corrected chi connectivity index (χ0v) is 7.22. The van der Waals surface area contributed by atoms with E-state index in [1.54, 1.807) is 0 Å². The van der Waals surface area contributed by atoms with Crippen LogP contribution in [-0.2, 0) is 9.59 Å². The molecule has 68 valence electrons. The summed E-state index contributed by atoms with van der Waals surface area (Å²) in [5.74, 6) is -0.122. The molecule has 0 bridgehead atoms. The molecule has 2 N–H and O–H groups in total. The Morgan fingerprint density at radius 1 is 1.75 bits per heavy atom. The highest BCUT2D eigenvalue weighted by atomic mass is 16.2. The Kier molecular flexibility index (Phi) is 3.08. The number of amides is 2. The molecule has 12 heavy (non-hydrogen) atoms. The minimum atomic E-state index is -0.112. The van der Waals surface area contributed by atoms with Crippen LogP contribution in [0.2, 0.25) is 0 Å². The van der Waals surface area contributed by atoms with Crippen LogP contribution < -0.4 is 10.6 Å². The van der Waals surface area contributed by atoms with E-state index in [2.05, 4.69) is 10.6 Å². The summed E-state index contributed by atoms with van der Waals surface area (Å²) in [6.07, 6.45) is 1.10. The summed E-state index contributed by atoms with van der Waals surface area (Å²) < 4.78 is 0. The molecular formula is C8H14N2O2. The Labute approximate surface area is 71.7 Å². The molecule has 1 saturated heterocycles. The summed E-state index contributed by atoms with van der Waals surface area (Å²) in [7, 11) is 0. The number of nitrogens with one attached hydrogen (secondary N) is 2. The second-order valence-electron chi connectivity index (χ2n) is 2.93.